The molecule has 2 bridgehead atoms. The molecule has 2 atom stereocenters. The molecule has 0 radical (unpaired) electrons. The molecule has 158 valence electrons. The third-order valence-electron chi connectivity index (χ3n) is 5.99. The molecule has 6 nitrogen and oxygen atoms in total. The van der Waals surface area contributed by atoms with Gasteiger partial charge in [-0.2, -0.15) is 0 Å². The fourth-order valence-corrected chi connectivity index (χ4v) is 4.29. The molecule has 3 saturated heterocycles. The average molecular weight is 412 g/mol. The zero-order valence-electron chi connectivity index (χ0n) is 16.6. The normalized spacial score (nSPS) is 23.7. The van der Waals surface area contributed by atoms with Crippen molar-refractivity contribution in [1.82, 2.24) is 10.2 Å². The SMILES string of the molecule is O=C(O)c1cccc(CNC(C(=O)O[C@H]2CN3CCC2CC3)c2ccc(F)cc2)c1. The molecule has 3 aliphatic heterocycles. The molecule has 3 heterocycles. The molecule has 0 aliphatic carbocycles. The summed E-state index contributed by atoms with van der Waals surface area (Å²) in [4.78, 5) is 26.6. The predicted octanol–water partition coefficient (Wildman–Crippen LogP) is 2.99. The Morgan fingerprint density at radius 1 is 1.17 bits per heavy atom. The van der Waals surface area contributed by atoms with Crippen molar-refractivity contribution in [1.29, 1.82) is 0 Å². The molecule has 1 unspecified atom stereocenters. The van der Waals surface area contributed by atoms with Crippen molar-refractivity contribution < 1.29 is 23.8 Å². The number of hydrogen-bond acceptors (Lipinski definition) is 5. The van der Waals surface area contributed by atoms with E-state index in [1.807, 2.05) is 0 Å². The van der Waals surface area contributed by atoms with Crippen LogP contribution in [-0.2, 0) is 16.1 Å². The lowest BCUT2D eigenvalue weighted by Gasteiger charge is -2.44. The highest BCUT2D eigenvalue weighted by Crippen LogP contribution is 2.30. The first-order valence-electron chi connectivity index (χ1n) is 10.2. The van der Waals surface area contributed by atoms with Crippen LogP contribution in [0, 0.1) is 11.7 Å². The predicted molar refractivity (Wildman–Crippen MR) is 108 cm³/mol. The number of hydrogen-bond donors (Lipinski definition) is 2. The molecule has 0 amide bonds. The maximum atomic E-state index is 13.4. The molecule has 2 aromatic rings. The minimum Gasteiger partial charge on any atom is -0.478 e. The van der Waals surface area contributed by atoms with Crippen LogP contribution in [-0.4, -0.2) is 47.7 Å². The zero-order valence-corrected chi connectivity index (χ0v) is 16.6. The van der Waals surface area contributed by atoms with Gasteiger partial charge in [0.1, 0.15) is 18.0 Å². The summed E-state index contributed by atoms with van der Waals surface area (Å²) in [5.74, 6) is -1.39. The van der Waals surface area contributed by atoms with E-state index in [1.165, 1.54) is 18.2 Å². The van der Waals surface area contributed by atoms with Crippen molar-refractivity contribution in [3.63, 3.8) is 0 Å². The van der Waals surface area contributed by atoms with E-state index in [2.05, 4.69) is 10.2 Å². The molecular weight excluding hydrogens is 387 g/mol. The molecular formula is C23H25FN2O4. The number of carbonyl (C=O) groups is 2. The molecule has 5 rings (SSSR count). The van der Waals surface area contributed by atoms with Crippen LogP contribution in [0.5, 0.6) is 0 Å². The first kappa shape index (κ1) is 20.5. The van der Waals surface area contributed by atoms with Gasteiger partial charge < -0.3 is 9.84 Å². The number of halogens is 1. The van der Waals surface area contributed by atoms with Crippen molar-refractivity contribution in [3.05, 3.63) is 71.0 Å². The largest absolute Gasteiger partial charge is 0.478 e. The Bertz CT molecular complexity index is 910. The fraction of sp³-hybridized carbons (Fsp3) is 0.391. The number of aromatic carboxylic acids is 1. The summed E-state index contributed by atoms with van der Waals surface area (Å²) in [5, 5.41) is 12.3. The third kappa shape index (κ3) is 4.68. The number of fused-ring (bicyclic) bond motifs is 3. The van der Waals surface area contributed by atoms with E-state index in [0.29, 0.717) is 11.5 Å². The lowest BCUT2D eigenvalue weighted by Crippen LogP contribution is -2.52. The molecule has 3 aliphatic rings. The van der Waals surface area contributed by atoms with Gasteiger partial charge in [-0.1, -0.05) is 24.3 Å². The monoisotopic (exact) mass is 412 g/mol. The Labute approximate surface area is 174 Å². The number of esters is 1. The fourth-order valence-electron chi connectivity index (χ4n) is 4.29. The van der Waals surface area contributed by atoms with Crippen LogP contribution in [0.2, 0.25) is 0 Å². The Kier molecular flexibility index (Phi) is 6.11. The lowest BCUT2D eigenvalue weighted by molar-refractivity contribution is -0.161. The first-order valence-corrected chi connectivity index (χ1v) is 10.2. The Morgan fingerprint density at radius 2 is 1.90 bits per heavy atom. The smallest absolute Gasteiger partial charge is 0.335 e. The minimum atomic E-state index is -1.01. The number of ether oxygens (including phenoxy) is 1. The van der Waals surface area contributed by atoms with Crippen LogP contribution in [0.15, 0.2) is 48.5 Å². The van der Waals surface area contributed by atoms with Crippen molar-refractivity contribution >= 4 is 11.9 Å². The second-order valence-electron chi connectivity index (χ2n) is 7.98. The number of nitrogens with zero attached hydrogens (tertiary/aromatic N) is 1. The molecule has 0 saturated carbocycles. The molecule has 2 aromatic carbocycles. The maximum Gasteiger partial charge on any atom is 0.335 e. The van der Waals surface area contributed by atoms with E-state index >= 15 is 0 Å². The summed E-state index contributed by atoms with van der Waals surface area (Å²) >= 11 is 0. The second-order valence-corrected chi connectivity index (χ2v) is 7.98. The number of carboxylic acids is 1. The number of carboxylic acid groups (broad SMARTS) is 1. The number of piperidine rings is 3. The van der Waals surface area contributed by atoms with Crippen molar-refractivity contribution in [2.24, 2.45) is 5.92 Å². The van der Waals surface area contributed by atoms with Gasteiger partial charge in [0.15, 0.2) is 0 Å². The average Bonchev–Trinajstić information content (AvgIpc) is 2.76. The quantitative estimate of drug-likeness (QED) is 0.681. The summed E-state index contributed by atoms with van der Waals surface area (Å²) in [7, 11) is 0. The van der Waals surface area contributed by atoms with E-state index < -0.39 is 18.0 Å². The Balaban J connectivity index is 1.49. The van der Waals surface area contributed by atoms with Gasteiger partial charge in [0.05, 0.1) is 5.56 Å². The van der Waals surface area contributed by atoms with Crippen LogP contribution in [0.1, 0.15) is 40.4 Å². The van der Waals surface area contributed by atoms with Gasteiger partial charge in [-0.05, 0) is 67.2 Å². The lowest BCUT2D eigenvalue weighted by atomic mass is 9.86. The van der Waals surface area contributed by atoms with Crippen molar-refractivity contribution in [3.8, 4) is 0 Å². The standard InChI is InChI=1S/C23H25FN2O4/c24-19-6-4-17(5-7-19)21(25-13-15-2-1-3-18(12-15)22(27)28)23(29)30-20-14-26-10-8-16(20)9-11-26/h1-7,12,16,20-21,25H,8-11,13-14H2,(H,27,28)/t20-,21?/m0/s1. The van der Waals surface area contributed by atoms with Gasteiger partial charge >= 0.3 is 11.9 Å². The second kappa shape index (κ2) is 8.93. The van der Waals surface area contributed by atoms with E-state index in [9.17, 15) is 19.1 Å². The van der Waals surface area contributed by atoms with E-state index in [-0.39, 0.29) is 24.0 Å². The van der Waals surface area contributed by atoms with E-state index in [1.54, 1.807) is 30.3 Å². The van der Waals surface area contributed by atoms with Gasteiger partial charge in [-0.25, -0.2) is 14.0 Å². The highest BCUT2D eigenvalue weighted by Gasteiger charge is 2.37. The molecule has 30 heavy (non-hydrogen) atoms. The van der Waals surface area contributed by atoms with E-state index in [0.717, 1.165) is 38.0 Å². The number of rotatable bonds is 7. The van der Waals surface area contributed by atoms with Crippen molar-refractivity contribution in [2.45, 2.75) is 31.5 Å². The van der Waals surface area contributed by atoms with Crippen LogP contribution in [0.4, 0.5) is 4.39 Å². The Morgan fingerprint density at radius 3 is 2.53 bits per heavy atom. The number of carbonyl (C=O) groups excluding carboxylic acids is 1. The van der Waals surface area contributed by atoms with Gasteiger partial charge in [-0.3, -0.25) is 10.2 Å². The highest BCUT2D eigenvalue weighted by atomic mass is 19.1. The topological polar surface area (TPSA) is 78.9 Å². The van der Waals surface area contributed by atoms with Crippen LogP contribution in [0.25, 0.3) is 0 Å². The highest BCUT2D eigenvalue weighted by molar-refractivity contribution is 5.87. The first-order chi connectivity index (χ1) is 14.5. The van der Waals surface area contributed by atoms with Gasteiger partial charge in [0.2, 0.25) is 0 Å². The number of benzene rings is 2. The van der Waals surface area contributed by atoms with Crippen molar-refractivity contribution in [2.75, 3.05) is 19.6 Å². The minimum absolute atomic E-state index is 0.125. The van der Waals surface area contributed by atoms with Crippen LogP contribution >= 0.6 is 0 Å². The number of nitrogens with one attached hydrogen (secondary N) is 1. The summed E-state index contributed by atoms with van der Waals surface area (Å²) in [6.45, 7) is 3.14. The zero-order chi connectivity index (χ0) is 21.1. The van der Waals surface area contributed by atoms with Crippen LogP contribution in [0.3, 0.4) is 0 Å². The maximum absolute atomic E-state index is 13.4. The molecule has 3 fully saturated rings. The molecule has 0 spiro atoms. The van der Waals surface area contributed by atoms with Crippen LogP contribution < -0.4 is 5.32 Å². The summed E-state index contributed by atoms with van der Waals surface area (Å²) in [6, 6.07) is 11.5. The molecule has 2 N–H and O–H groups in total. The molecule has 0 aromatic heterocycles. The van der Waals surface area contributed by atoms with E-state index in [4.69, 9.17) is 4.74 Å². The summed E-state index contributed by atoms with van der Waals surface area (Å²) < 4.78 is 19.3. The molecule has 7 heteroatoms. The summed E-state index contributed by atoms with van der Waals surface area (Å²) in [6.07, 6.45) is 1.95. The van der Waals surface area contributed by atoms with Gasteiger partial charge in [0.25, 0.3) is 0 Å². The Hall–Kier alpha value is -2.77. The van der Waals surface area contributed by atoms with Gasteiger partial charge in [0, 0.05) is 13.1 Å². The summed E-state index contributed by atoms with van der Waals surface area (Å²) in [5.41, 5.74) is 1.53. The van der Waals surface area contributed by atoms with Gasteiger partial charge in [-0.15, -0.1) is 0 Å². The third-order valence-corrected chi connectivity index (χ3v) is 5.99.